The van der Waals surface area contributed by atoms with Crippen molar-refractivity contribution in [2.75, 3.05) is 0 Å². The summed E-state index contributed by atoms with van der Waals surface area (Å²) < 4.78 is 0. The van der Waals surface area contributed by atoms with E-state index >= 15 is 0 Å². The molecule has 9 N–H and O–H groups in total. The van der Waals surface area contributed by atoms with Crippen LogP contribution in [0.4, 0.5) is 0 Å². The summed E-state index contributed by atoms with van der Waals surface area (Å²) in [6, 6.07) is 27.6. The molecule has 13 nitrogen and oxygen atoms in total. The van der Waals surface area contributed by atoms with Gasteiger partial charge in [-0.3, -0.25) is 19.2 Å². The molecule has 0 aliphatic carbocycles. The lowest BCUT2D eigenvalue weighted by atomic mass is 10.0. The standard InChI is InChI=1S/C43H45N7O6/c1-26(47-41(53)36(21-28-14-6-3-7-15-28)49-40(52)33(44)20-27-12-4-2-5-13-27)39(51)48-37(22-29-24-45-34-18-10-8-16-31(29)34)42(54)50-38(43(55)56)23-30-25-46-35-19-11-9-17-32(30)35/h2-19,24-26,33,36-38,45-46H,20-23,44H2,1H3,(H,47,53)(H,48,51)(H,49,52)(H,50,54)(H,55,56)/t26-,33-,36-,37-,38-/m1/s1. The van der Waals surface area contributed by atoms with E-state index in [0.29, 0.717) is 5.56 Å². The molecule has 56 heavy (non-hydrogen) atoms. The molecular weight excluding hydrogens is 711 g/mol. The fourth-order valence-corrected chi connectivity index (χ4v) is 6.70. The highest BCUT2D eigenvalue weighted by Gasteiger charge is 2.31. The molecule has 0 bridgehead atoms. The number of carboxylic acids is 1. The molecule has 6 aromatic rings. The number of nitrogens with one attached hydrogen (secondary N) is 6. The number of fused-ring (bicyclic) bond motifs is 2. The molecule has 0 fully saturated rings. The fraction of sp³-hybridized carbons (Fsp3) is 0.233. The lowest BCUT2D eigenvalue weighted by Gasteiger charge is -2.25. The van der Waals surface area contributed by atoms with Crippen LogP contribution in [-0.4, -0.2) is 74.9 Å². The summed E-state index contributed by atoms with van der Waals surface area (Å²) in [7, 11) is 0. The second-order valence-electron chi connectivity index (χ2n) is 13.9. The zero-order chi connectivity index (χ0) is 39.6. The highest BCUT2D eigenvalue weighted by atomic mass is 16.4. The Morgan fingerprint density at radius 3 is 1.52 bits per heavy atom. The van der Waals surface area contributed by atoms with E-state index < -0.39 is 59.8 Å². The summed E-state index contributed by atoms with van der Waals surface area (Å²) in [4.78, 5) is 73.5. The van der Waals surface area contributed by atoms with Crippen LogP contribution in [0, 0.1) is 0 Å². The summed E-state index contributed by atoms with van der Waals surface area (Å²) >= 11 is 0. The average molecular weight is 756 g/mol. The molecule has 0 spiro atoms. The summed E-state index contributed by atoms with van der Waals surface area (Å²) in [5.41, 5.74) is 11.0. The Hall–Kier alpha value is -6.73. The number of amides is 4. The minimum atomic E-state index is -1.31. The largest absolute Gasteiger partial charge is 0.480 e. The smallest absolute Gasteiger partial charge is 0.326 e. The molecular formula is C43H45N7O6. The van der Waals surface area contributed by atoms with Gasteiger partial charge in [0.2, 0.25) is 23.6 Å². The highest BCUT2D eigenvalue weighted by molar-refractivity contribution is 5.96. The van der Waals surface area contributed by atoms with Gasteiger partial charge in [-0.15, -0.1) is 0 Å². The lowest BCUT2D eigenvalue weighted by molar-refractivity contribution is -0.142. The predicted molar refractivity (Wildman–Crippen MR) is 213 cm³/mol. The number of hydrogen-bond acceptors (Lipinski definition) is 6. The third-order valence-corrected chi connectivity index (χ3v) is 9.75. The molecule has 4 amide bonds. The zero-order valence-electron chi connectivity index (χ0n) is 30.8. The zero-order valence-corrected chi connectivity index (χ0v) is 30.8. The van der Waals surface area contributed by atoms with E-state index in [1.165, 1.54) is 6.92 Å². The van der Waals surface area contributed by atoms with Gasteiger partial charge in [0.05, 0.1) is 6.04 Å². The molecule has 5 atom stereocenters. The predicted octanol–water partition coefficient (Wildman–Crippen LogP) is 3.29. The summed E-state index contributed by atoms with van der Waals surface area (Å²) in [5, 5.41) is 22.7. The first-order chi connectivity index (χ1) is 27.0. The molecule has 0 aliphatic rings. The SMILES string of the molecule is C[C@@H](NC(=O)[C@@H](Cc1ccccc1)NC(=O)[C@H](N)Cc1ccccc1)C(=O)N[C@H](Cc1c[nH]c2ccccc12)C(=O)N[C@H](Cc1c[nH]c2ccccc12)C(=O)O. The molecule has 2 heterocycles. The molecule has 4 aromatic carbocycles. The van der Waals surface area contributed by atoms with Crippen molar-refractivity contribution in [3.63, 3.8) is 0 Å². The molecule has 0 saturated heterocycles. The van der Waals surface area contributed by atoms with Crippen LogP contribution in [0.2, 0.25) is 0 Å². The first-order valence-corrected chi connectivity index (χ1v) is 18.4. The second-order valence-corrected chi connectivity index (χ2v) is 13.9. The number of carbonyl (C=O) groups excluding carboxylic acids is 4. The van der Waals surface area contributed by atoms with Crippen molar-refractivity contribution in [2.24, 2.45) is 5.73 Å². The van der Waals surface area contributed by atoms with E-state index in [2.05, 4.69) is 31.2 Å². The van der Waals surface area contributed by atoms with Crippen LogP contribution in [-0.2, 0) is 49.7 Å². The number of nitrogens with two attached hydrogens (primary N) is 1. The lowest BCUT2D eigenvalue weighted by Crippen LogP contribution is -2.58. The van der Waals surface area contributed by atoms with E-state index in [1.54, 1.807) is 12.4 Å². The van der Waals surface area contributed by atoms with Crippen molar-refractivity contribution in [3.8, 4) is 0 Å². The third-order valence-electron chi connectivity index (χ3n) is 9.75. The molecule has 0 saturated carbocycles. The van der Waals surface area contributed by atoms with Gasteiger partial charge in [0.15, 0.2) is 0 Å². The minimum absolute atomic E-state index is 0.00513. The maximum absolute atomic E-state index is 14.0. The molecule has 2 aromatic heterocycles. The molecule has 0 aliphatic heterocycles. The monoisotopic (exact) mass is 755 g/mol. The maximum Gasteiger partial charge on any atom is 0.326 e. The Kier molecular flexibility index (Phi) is 12.6. The van der Waals surface area contributed by atoms with Crippen LogP contribution in [0.5, 0.6) is 0 Å². The number of carboxylic acid groups (broad SMARTS) is 1. The van der Waals surface area contributed by atoms with Crippen molar-refractivity contribution in [2.45, 2.75) is 62.8 Å². The van der Waals surface area contributed by atoms with Gasteiger partial charge in [-0.25, -0.2) is 4.79 Å². The Balaban J connectivity index is 1.17. The van der Waals surface area contributed by atoms with Gasteiger partial charge >= 0.3 is 5.97 Å². The van der Waals surface area contributed by atoms with Gasteiger partial charge < -0.3 is 42.1 Å². The van der Waals surface area contributed by atoms with Crippen molar-refractivity contribution >= 4 is 51.4 Å². The van der Waals surface area contributed by atoms with Gasteiger partial charge in [0.25, 0.3) is 0 Å². The Labute approximate surface area is 323 Å². The van der Waals surface area contributed by atoms with Gasteiger partial charge in [-0.1, -0.05) is 97.1 Å². The third kappa shape index (κ3) is 9.87. The van der Waals surface area contributed by atoms with E-state index in [9.17, 15) is 29.1 Å². The topological polar surface area (TPSA) is 211 Å². The summed E-state index contributed by atoms with van der Waals surface area (Å²) in [5.74, 6) is -3.79. The minimum Gasteiger partial charge on any atom is -0.480 e. The van der Waals surface area contributed by atoms with Crippen LogP contribution >= 0.6 is 0 Å². The van der Waals surface area contributed by atoms with E-state index in [-0.39, 0.29) is 25.7 Å². The molecule has 6 rings (SSSR count). The van der Waals surface area contributed by atoms with Crippen LogP contribution in [0.3, 0.4) is 0 Å². The van der Waals surface area contributed by atoms with E-state index in [0.717, 1.165) is 38.5 Å². The van der Waals surface area contributed by atoms with Crippen LogP contribution in [0.1, 0.15) is 29.2 Å². The van der Waals surface area contributed by atoms with Crippen LogP contribution in [0.25, 0.3) is 21.8 Å². The van der Waals surface area contributed by atoms with Gasteiger partial charge in [0.1, 0.15) is 24.2 Å². The second kappa shape index (κ2) is 18.1. The summed E-state index contributed by atoms with van der Waals surface area (Å²) in [6.07, 6.45) is 3.86. The van der Waals surface area contributed by atoms with Crippen LogP contribution in [0.15, 0.2) is 122 Å². The molecule has 13 heteroatoms. The van der Waals surface area contributed by atoms with E-state index in [1.807, 2.05) is 109 Å². The number of aliphatic carboxylic acids is 1. The Morgan fingerprint density at radius 1 is 0.536 bits per heavy atom. The number of aromatic nitrogens is 2. The number of hydrogen-bond donors (Lipinski definition) is 8. The number of H-pyrrole nitrogens is 2. The first-order valence-electron chi connectivity index (χ1n) is 18.4. The highest BCUT2D eigenvalue weighted by Crippen LogP contribution is 2.21. The Bertz CT molecular complexity index is 2310. The number of para-hydroxylation sites is 2. The van der Waals surface area contributed by atoms with Crippen LogP contribution < -0.4 is 27.0 Å². The van der Waals surface area contributed by atoms with Crippen molar-refractivity contribution in [3.05, 3.63) is 144 Å². The maximum atomic E-state index is 14.0. The summed E-state index contributed by atoms with van der Waals surface area (Å²) in [6.45, 7) is 1.47. The van der Waals surface area contributed by atoms with Gasteiger partial charge in [0, 0.05) is 53.5 Å². The molecule has 0 unspecified atom stereocenters. The van der Waals surface area contributed by atoms with E-state index in [4.69, 9.17) is 5.73 Å². The van der Waals surface area contributed by atoms with Crippen molar-refractivity contribution < 1.29 is 29.1 Å². The number of rotatable bonds is 17. The molecule has 288 valence electrons. The average Bonchev–Trinajstić information content (AvgIpc) is 3.81. The number of benzene rings is 4. The van der Waals surface area contributed by atoms with Crippen molar-refractivity contribution in [1.29, 1.82) is 0 Å². The number of aromatic amines is 2. The van der Waals surface area contributed by atoms with Gasteiger partial charge in [-0.2, -0.15) is 0 Å². The van der Waals surface area contributed by atoms with Gasteiger partial charge in [-0.05, 0) is 47.7 Å². The van der Waals surface area contributed by atoms with Crippen molar-refractivity contribution in [1.82, 2.24) is 31.2 Å². The Morgan fingerprint density at radius 2 is 0.964 bits per heavy atom. The fourth-order valence-electron chi connectivity index (χ4n) is 6.70. The first kappa shape index (κ1) is 39.0. The normalized spacial score (nSPS) is 13.9. The number of carbonyl (C=O) groups is 5. The molecule has 0 radical (unpaired) electrons. The quantitative estimate of drug-likeness (QED) is 0.0696.